The van der Waals surface area contributed by atoms with Gasteiger partial charge in [0.25, 0.3) is 5.56 Å². The first-order valence-corrected chi connectivity index (χ1v) is 12.7. The van der Waals surface area contributed by atoms with Crippen LogP contribution in [0.4, 0.5) is 5.69 Å². The molecule has 198 valence electrons. The van der Waals surface area contributed by atoms with Crippen molar-refractivity contribution in [1.29, 1.82) is 0 Å². The van der Waals surface area contributed by atoms with Gasteiger partial charge in [-0.1, -0.05) is 54.6 Å². The van der Waals surface area contributed by atoms with Gasteiger partial charge in [-0.15, -0.1) is 0 Å². The second-order valence-corrected chi connectivity index (χ2v) is 9.44. The Hall–Kier alpha value is -5.16. The van der Waals surface area contributed by atoms with E-state index in [0.29, 0.717) is 33.4 Å². The molecule has 0 aliphatic heterocycles. The summed E-state index contributed by atoms with van der Waals surface area (Å²) in [4.78, 5) is 40.6. The number of halogens is 1. The van der Waals surface area contributed by atoms with Gasteiger partial charge in [-0.3, -0.25) is 14.9 Å². The Bertz CT molecular complexity index is 1850. The number of nitro groups is 1. The van der Waals surface area contributed by atoms with E-state index in [0.717, 1.165) is 4.68 Å². The Morgan fingerprint density at radius 3 is 2.55 bits per heavy atom. The van der Waals surface area contributed by atoms with Crippen LogP contribution >= 0.6 is 15.9 Å². The maximum Gasteiger partial charge on any atom is 0.335 e. The number of ether oxygens (including phenoxy) is 1. The number of hydrogen-bond donors (Lipinski definition) is 1. The van der Waals surface area contributed by atoms with Gasteiger partial charge in [0.2, 0.25) is 5.75 Å². The standard InChI is InChI=1S/C29H19BrN4O6/c30-23-14-19(15-25(34(38)39)26(23)40-17-18-7-6-10-21(13-18)29(36)37)16-31-33-27(20-8-2-1-3-9-20)32-24-12-5-4-11-22(24)28(33)35/h1-16H,17H2,(H,36,37). The second-order valence-electron chi connectivity index (χ2n) is 8.58. The van der Waals surface area contributed by atoms with Crippen molar-refractivity contribution in [2.45, 2.75) is 6.61 Å². The minimum atomic E-state index is -1.09. The molecule has 5 aromatic rings. The monoisotopic (exact) mass is 598 g/mol. The van der Waals surface area contributed by atoms with Crippen molar-refractivity contribution in [1.82, 2.24) is 9.66 Å². The normalized spacial score (nSPS) is 11.1. The number of carboxylic acids is 1. The van der Waals surface area contributed by atoms with Crippen LogP contribution in [0.25, 0.3) is 22.3 Å². The molecule has 0 amide bonds. The molecular formula is C29H19BrN4O6. The molecule has 0 bridgehead atoms. The van der Waals surface area contributed by atoms with Gasteiger partial charge in [0.1, 0.15) is 6.61 Å². The molecule has 4 aromatic carbocycles. The second kappa shape index (κ2) is 11.3. The summed E-state index contributed by atoms with van der Waals surface area (Å²) in [5, 5.41) is 25.9. The number of fused-ring (bicyclic) bond motifs is 1. The highest BCUT2D eigenvalue weighted by molar-refractivity contribution is 9.10. The summed E-state index contributed by atoms with van der Waals surface area (Å²) in [6.07, 6.45) is 1.34. The molecule has 1 aromatic heterocycles. The van der Waals surface area contributed by atoms with Crippen LogP contribution in [0.1, 0.15) is 21.5 Å². The minimum absolute atomic E-state index is 0.0302. The molecule has 0 unspecified atom stereocenters. The molecule has 5 rings (SSSR count). The molecule has 0 saturated carbocycles. The van der Waals surface area contributed by atoms with E-state index in [-0.39, 0.29) is 28.1 Å². The molecule has 0 aliphatic carbocycles. The molecule has 0 saturated heterocycles. The highest BCUT2D eigenvalue weighted by atomic mass is 79.9. The smallest absolute Gasteiger partial charge is 0.335 e. The van der Waals surface area contributed by atoms with Crippen LogP contribution in [0.3, 0.4) is 0 Å². The van der Waals surface area contributed by atoms with E-state index in [4.69, 9.17) is 4.74 Å². The van der Waals surface area contributed by atoms with Gasteiger partial charge in [0.15, 0.2) is 5.82 Å². The average molecular weight is 599 g/mol. The van der Waals surface area contributed by atoms with Gasteiger partial charge in [-0.25, -0.2) is 9.78 Å². The third-order valence-electron chi connectivity index (χ3n) is 5.91. The van der Waals surface area contributed by atoms with E-state index in [1.807, 2.05) is 30.3 Å². The summed E-state index contributed by atoms with van der Waals surface area (Å²) in [7, 11) is 0. The Balaban J connectivity index is 1.52. The number of hydrogen-bond acceptors (Lipinski definition) is 7. The largest absolute Gasteiger partial charge is 0.481 e. The van der Waals surface area contributed by atoms with Gasteiger partial charge in [0.05, 0.1) is 32.1 Å². The first-order chi connectivity index (χ1) is 19.3. The van der Waals surface area contributed by atoms with Crippen molar-refractivity contribution in [2.24, 2.45) is 5.10 Å². The van der Waals surface area contributed by atoms with Gasteiger partial charge in [-0.2, -0.15) is 9.78 Å². The van der Waals surface area contributed by atoms with Crippen molar-refractivity contribution >= 4 is 44.7 Å². The summed E-state index contributed by atoms with van der Waals surface area (Å²) in [6, 6.07) is 25.0. The third-order valence-corrected chi connectivity index (χ3v) is 6.50. The van der Waals surface area contributed by atoms with Crippen LogP contribution in [0, 0.1) is 10.1 Å². The van der Waals surface area contributed by atoms with Crippen LogP contribution in [0.15, 0.2) is 105 Å². The Morgan fingerprint density at radius 1 is 1.05 bits per heavy atom. The number of benzene rings is 4. The molecule has 0 radical (unpaired) electrons. The first-order valence-electron chi connectivity index (χ1n) is 11.9. The van der Waals surface area contributed by atoms with Crippen LogP contribution in [0.5, 0.6) is 5.75 Å². The lowest BCUT2D eigenvalue weighted by Gasteiger charge is -2.11. The molecule has 10 nitrogen and oxygen atoms in total. The predicted octanol–water partition coefficient (Wildman–Crippen LogP) is 5.89. The van der Waals surface area contributed by atoms with Gasteiger partial charge in [-0.05, 0) is 51.8 Å². The van der Waals surface area contributed by atoms with E-state index >= 15 is 0 Å². The van der Waals surface area contributed by atoms with E-state index in [1.165, 1.54) is 24.4 Å². The summed E-state index contributed by atoms with van der Waals surface area (Å²) in [5.74, 6) is -0.802. The molecule has 0 spiro atoms. The van der Waals surface area contributed by atoms with Crippen molar-refractivity contribution < 1.29 is 19.6 Å². The van der Waals surface area contributed by atoms with Gasteiger partial charge in [0, 0.05) is 17.2 Å². The average Bonchev–Trinajstić information content (AvgIpc) is 2.96. The highest BCUT2D eigenvalue weighted by Gasteiger charge is 2.21. The number of aromatic carboxylic acids is 1. The maximum atomic E-state index is 13.4. The predicted molar refractivity (Wildman–Crippen MR) is 153 cm³/mol. The van der Waals surface area contributed by atoms with E-state index < -0.39 is 16.5 Å². The zero-order valence-corrected chi connectivity index (χ0v) is 22.2. The topological polar surface area (TPSA) is 137 Å². The molecular weight excluding hydrogens is 580 g/mol. The van der Waals surface area contributed by atoms with Crippen LogP contribution < -0.4 is 10.3 Å². The zero-order valence-electron chi connectivity index (χ0n) is 20.6. The number of rotatable bonds is 8. The molecule has 0 atom stereocenters. The number of para-hydroxylation sites is 1. The Labute approximate surface area is 235 Å². The van der Waals surface area contributed by atoms with Crippen LogP contribution in [0.2, 0.25) is 0 Å². The van der Waals surface area contributed by atoms with Crippen molar-refractivity contribution in [2.75, 3.05) is 0 Å². The lowest BCUT2D eigenvalue weighted by molar-refractivity contribution is -0.386. The summed E-state index contributed by atoms with van der Waals surface area (Å²) < 4.78 is 7.17. The number of carbonyl (C=O) groups is 1. The third kappa shape index (κ3) is 5.49. The van der Waals surface area contributed by atoms with E-state index in [9.17, 15) is 24.8 Å². The molecule has 40 heavy (non-hydrogen) atoms. The van der Waals surface area contributed by atoms with Gasteiger partial charge >= 0.3 is 11.7 Å². The Morgan fingerprint density at radius 2 is 1.80 bits per heavy atom. The zero-order chi connectivity index (χ0) is 28.2. The van der Waals surface area contributed by atoms with Gasteiger partial charge < -0.3 is 9.84 Å². The number of aromatic nitrogens is 2. The fourth-order valence-electron chi connectivity index (χ4n) is 4.03. The number of nitrogens with zero attached hydrogens (tertiary/aromatic N) is 4. The Kier molecular flexibility index (Phi) is 7.47. The molecule has 11 heteroatoms. The quantitative estimate of drug-likeness (QED) is 0.133. The van der Waals surface area contributed by atoms with Crippen molar-refractivity contribution in [3.05, 3.63) is 133 Å². The number of carboxylic acid groups (broad SMARTS) is 1. The summed E-state index contributed by atoms with van der Waals surface area (Å²) in [5.41, 5.74) is 1.41. The fourth-order valence-corrected chi connectivity index (χ4v) is 4.61. The fraction of sp³-hybridized carbons (Fsp3) is 0.0345. The van der Waals surface area contributed by atoms with Crippen molar-refractivity contribution in [3.63, 3.8) is 0 Å². The first kappa shape index (κ1) is 26.4. The minimum Gasteiger partial charge on any atom is -0.481 e. The molecule has 0 fully saturated rings. The van der Waals surface area contributed by atoms with E-state index in [1.54, 1.807) is 42.5 Å². The van der Waals surface area contributed by atoms with Crippen LogP contribution in [-0.2, 0) is 6.61 Å². The molecule has 1 heterocycles. The SMILES string of the molecule is O=C(O)c1cccc(COc2c(Br)cc(C=Nn3c(-c4ccccc4)nc4ccccc4c3=O)cc2[N+](=O)[O-])c1. The number of nitro benzene ring substituents is 1. The highest BCUT2D eigenvalue weighted by Crippen LogP contribution is 2.36. The lowest BCUT2D eigenvalue weighted by Crippen LogP contribution is -2.20. The maximum absolute atomic E-state index is 13.4. The molecule has 1 N–H and O–H groups in total. The summed E-state index contributed by atoms with van der Waals surface area (Å²) >= 11 is 3.34. The van der Waals surface area contributed by atoms with E-state index in [2.05, 4.69) is 26.0 Å². The van der Waals surface area contributed by atoms with Crippen molar-refractivity contribution in [3.8, 4) is 17.1 Å². The van der Waals surface area contributed by atoms with Crippen LogP contribution in [-0.4, -0.2) is 31.9 Å². The summed E-state index contributed by atoms with van der Waals surface area (Å²) in [6.45, 7) is -0.0907. The molecule has 0 aliphatic rings. The lowest BCUT2D eigenvalue weighted by atomic mass is 10.1.